The van der Waals surface area contributed by atoms with E-state index in [0.717, 1.165) is 12.1 Å². The Labute approximate surface area is 125 Å². The van der Waals surface area contributed by atoms with E-state index in [-0.39, 0.29) is 11.9 Å². The fourth-order valence-electron chi connectivity index (χ4n) is 2.18. The molecule has 21 heavy (non-hydrogen) atoms. The van der Waals surface area contributed by atoms with Crippen LogP contribution in [0.3, 0.4) is 0 Å². The lowest BCUT2D eigenvalue weighted by Gasteiger charge is -2.14. The molecule has 1 aromatic carbocycles. The van der Waals surface area contributed by atoms with E-state index in [1.807, 2.05) is 32.3 Å². The third-order valence-electron chi connectivity index (χ3n) is 3.44. The van der Waals surface area contributed by atoms with Crippen molar-refractivity contribution in [3.8, 4) is 0 Å². The van der Waals surface area contributed by atoms with Gasteiger partial charge in [0.05, 0.1) is 11.9 Å². The van der Waals surface area contributed by atoms with Crippen molar-refractivity contribution < 1.29 is 4.79 Å². The number of hydrogen-bond acceptors (Lipinski definition) is 3. The number of carbonyl (C=O) groups is 1. The van der Waals surface area contributed by atoms with Crippen LogP contribution < -0.4 is 10.6 Å². The maximum Gasteiger partial charge on any atom is 0.242 e. The molecular formula is C16H22N4O. The monoisotopic (exact) mass is 286 g/mol. The van der Waals surface area contributed by atoms with Crippen LogP contribution in [-0.2, 0) is 18.3 Å². The quantitative estimate of drug-likeness (QED) is 0.852. The van der Waals surface area contributed by atoms with Crippen molar-refractivity contribution in [2.24, 2.45) is 7.05 Å². The lowest BCUT2D eigenvalue weighted by Crippen LogP contribution is -2.38. The second-order valence-electron chi connectivity index (χ2n) is 5.24. The predicted octanol–water partition coefficient (Wildman–Crippen LogP) is 1.89. The van der Waals surface area contributed by atoms with Crippen molar-refractivity contribution in [3.63, 3.8) is 0 Å². The molecule has 0 aliphatic carbocycles. The highest BCUT2D eigenvalue weighted by atomic mass is 16.2. The first-order chi connectivity index (χ1) is 10.1. The molecule has 2 N–H and O–H groups in total. The largest absolute Gasteiger partial charge is 0.371 e. The number of rotatable bonds is 6. The van der Waals surface area contributed by atoms with Gasteiger partial charge < -0.3 is 10.6 Å². The fourth-order valence-corrected chi connectivity index (χ4v) is 2.18. The molecule has 1 unspecified atom stereocenters. The summed E-state index contributed by atoms with van der Waals surface area (Å²) in [4.78, 5) is 12.0. The van der Waals surface area contributed by atoms with Gasteiger partial charge in [-0.1, -0.05) is 24.3 Å². The van der Waals surface area contributed by atoms with Gasteiger partial charge in [-0.3, -0.25) is 9.48 Å². The first kappa shape index (κ1) is 15.1. The second-order valence-corrected chi connectivity index (χ2v) is 5.24. The molecular weight excluding hydrogens is 264 g/mol. The van der Waals surface area contributed by atoms with Crippen LogP contribution in [-0.4, -0.2) is 28.3 Å². The summed E-state index contributed by atoms with van der Waals surface area (Å²) < 4.78 is 1.70. The molecule has 0 saturated carbocycles. The second kappa shape index (κ2) is 6.92. The Bertz CT molecular complexity index is 606. The van der Waals surface area contributed by atoms with E-state index in [9.17, 15) is 4.79 Å². The first-order valence-electron chi connectivity index (χ1n) is 7.13. The minimum Gasteiger partial charge on any atom is -0.371 e. The summed E-state index contributed by atoms with van der Waals surface area (Å²) in [6, 6.07) is 7.95. The lowest BCUT2D eigenvalue weighted by molar-refractivity contribution is -0.121. The summed E-state index contributed by atoms with van der Waals surface area (Å²) in [6.45, 7) is 4.57. The van der Waals surface area contributed by atoms with Crippen LogP contribution in [0.5, 0.6) is 0 Å². The highest BCUT2D eigenvalue weighted by molar-refractivity contribution is 5.84. The number of benzene rings is 1. The zero-order valence-electron chi connectivity index (χ0n) is 12.8. The number of hydrogen-bond donors (Lipinski definition) is 2. The topological polar surface area (TPSA) is 59.0 Å². The standard InChI is InChI=1S/C16H22N4O/c1-12-6-4-5-7-14(12)8-9-17-16(21)13(2)19-15-10-18-20(3)11-15/h4-7,10-11,13,19H,8-9H2,1-3H3,(H,17,21). The molecule has 5 nitrogen and oxygen atoms in total. The van der Waals surface area contributed by atoms with E-state index in [2.05, 4.69) is 34.8 Å². The Morgan fingerprint density at radius 1 is 1.38 bits per heavy atom. The molecule has 1 heterocycles. The van der Waals surface area contributed by atoms with Gasteiger partial charge in [-0.15, -0.1) is 0 Å². The van der Waals surface area contributed by atoms with Gasteiger partial charge in [-0.25, -0.2) is 0 Å². The van der Waals surface area contributed by atoms with Crippen LogP contribution in [0.2, 0.25) is 0 Å². The van der Waals surface area contributed by atoms with Crippen LogP contribution >= 0.6 is 0 Å². The van der Waals surface area contributed by atoms with E-state index < -0.39 is 0 Å². The average molecular weight is 286 g/mol. The number of nitrogens with one attached hydrogen (secondary N) is 2. The highest BCUT2D eigenvalue weighted by Gasteiger charge is 2.12. The molecule has 1 aromatic heterocycles. The molecule has 0 bridgehead atoms. The van der Waals surface area contributed by atoms with Crippen molar-refractivity contribution in [3.05, 3.63) is 47.8 Å². The molecule has 0 fully saturated rings. The van der Waals surface area contributed by atoms with E-state index in [1.165, 1.54) is 11.1 Å². The van der Waals surface area contributed by atoms with Crippen molar-refractivity contribution in [1.82, 2.24) is 15.1 Å². The maximum atomic E-state index is 12.0. The molecule has 5 heteroatoms. The Balaban J connectivity index is 1.77. The molecule has 0 aliphatic heterocycles. The van der Waals surface area contributed by atoms with Gasteiger partial charge in [0, 0.05) is 19.8 Å². The molecule has 0 spiro atoms. The summed E-state index contributed by atoms with van der Waals surface area (Å²) in [5.41, 5.74) is 3.37. The van der Waals surface area contributed by atoms with E-state index in [0.29, 0.717) is 6.54 Å². The van der Waals surface area contributed by atoms with Gasteiger partial charge in [-0.05, 0) is 31.4 Å². The zero-order chi connectivity index (χ0) is 15.2. The number of aromatic nitrogens is 2. The Hall–Kier alpha value is -2.30. The SMILES string of the molecule is Cc1ccccc1CCNC(=O)C(C)Nc1cnn(C)c1. The van der Waals surface area contributed by atoms with Crippen molar-refractivity contribution >= 4 is 11.6 Å². The smallest absolute Gasteiger partial charge is 0.242 e. The van der Waals surface area contributed by atoms with Gasteiger partial charge in [0.1, 0.15) is 6.04 Å². The van der Waals surface area contributed by atoms with Crippen LogP contribution in [0.1, 0.15) is 18.1 Å². The summed E-state index contributed by atoms with van der Waals surface area (Å²) >= 11 is 0. The summed E-state index contributed by atoms with van der Waals surface area (Å²) in [6.07, 6.45) is 4.40. The van der Waals surface area contributed by atoms with E-state index >= 15 is 0 Å². The third-order valence-corrected chi connectivity index (χ3v) is 3.44. The molecule has 1 amide bonds. The summed E-state index contributed by atoms with van der Waals surface area (Å²) in [5, 5.41) is 10.1. The Morgan fingerprint density at radius 2 is 2.14 bits per heavy atom. The molecule has 0 aliphatic rings. The summed E-state index contributed by atoms with van der Waals surface area (Å²) in [5.74, 6) is -0.00700. The number of anilines is 1. The first-order valence-corrected chi connectivity index (χ1v) is 7.13. The summed E-state index contributed by atoms with van der Waals surface area (Å²) in [7, 11) is 1.85. The van der Waals surface area contributed by atoms with Crippen LogP contribution in [0, 0.1) is 6.92 Å². The van der Waals surface area contributed by atoms with Gasteiger partial charge in [-0.2, -0.15) is 5.10 Å². The van der Waals surface area contributed by atoms with Crippen LogP contribution in [0.4, 0.5) is 5.69 Å². The van der Waals surface area contributed by atoms with Crippen molar-refractivity contribution in [1.29, 1.82) is 0 Å². The van der Waals surface area contributed by atoms with E-state index in [4.69, 9.17) is 0 Å². The number of carbonyl (C=O) groups excluding carboxylic acids is 1. The molecule has 1 atom stereocenters. The number of nitrogens with zero attached hydrogens (tertiary/aromatic N) is 2. The minimum absolute atomic E-state index is 0.00700. The molecule has 112 valence electrons. The maximum absolute atomic E-state index is 12.0. The lowest BCUT2D eigenvalue weighted by atomic mass is 10.1. The van der Waals surface area contributed by atoms with Gasteiger partial charge in [0.25, 0.3) is 0 Å². The van der Waals surface area contributed by atoms with E-state index in [1.54, 1.807) is 10.9 Å². The molecule has 0 radical (unpaired) electrons. The van der Waals surface area contributed by atoms with Gasteiger partial charge in [0.15, 0.2) is 0 Å². The minimum atomic E-state index is -0.286. The van der Waals surface area contributed by atoms with Crippen molar-refractivity contribution in [2.45, 2.75) is 26.3 Å². The number of aryl methyl sites for hydroxylation is 2. The zero-order valence-corrected chi connectivity index (χ0v) is 12.8. The van der Waals surface area contributed by atoms with Crippen LogP contribution in [0.25, 0.3) is 0 Å². The predicted molar refractivity (Wildman–Crippen MR) is 84.2 cm³/mol. The van der Waals surface area contributed by atoms with Crippen LogP contribution in [0.15, 0.2) is 36.7 Å². The van der Waals surface area contributed by atoms with Gasteiger partial charge >= 0.3 is 0 Å². The van der Waals surface area contributed by atoms with Crippen molar-refractivity contribution in [2.75, 3.05) is 11.9 Å². The van der Waals surface area contributed by atoms with Gasteiger partial charge in [0.2, 0.25) is 5.91 Å². The number of amides is 1. The normalized spacial score (nSPS) is 12.0. The Morgan fingerprint density at radius 3 is 2.81 bits per heavy atom. The fraction of sp³-hybridized carbons (Fsp3) is 0.375. The molecule has 2 rings (SSSR count). The molecule has 0 saturated heterocycles. The molecule has 2 aromatic rings. The third kappa shape index (κ3) is 4.34. The average Bonchev–Trinajstić information content (AvgIpc) is 2.86. The Kier molecular flexibility index (Phi) is 4.98. The highest BCUT2D eigenvalue weighted by Crippen LogP contribution is 2.07.